The Kier molecular flexibility index (Phi) is 5.43. The third-order valence-corrected chi connectivity index (χ3v) is 3.36. The van der Waals surface area contributed by atoms with E-state index in [1.54, 1.807) is 13.8 Å². The number of aromatic nitrogens is 1. The van der Waals surface area contributed by atoms with Gasteiger partial charge in [0.2, 0.25) is 0 Å². The van der Waals surface area contributed by atoms with E-state index in [1.165, 1.54) is 22.8 Å². The molecular formula is C16H18F3NO3. The summed E-state index contributed by atoms with van der Waals surface area (Å²) >= 11 is 0. The van der Waals surface area contributed by atoms with E-state index in [1.807, 2.05) is 0 Å². The van der Waals surface area contributed by atoms with Crippen LogP contribution in [0.1, 0.15) is 19.4 Å². The minimum atomic E-state index is -4.47. The molecule has 1 aromatic carbocycles. The molecule has 0 aliphatic heterocycles. The second-order valence-corrected chi connectivity index (χ2v) is 4.89. The SMILES string of the molecule is CCOC(Cn1c(=O)ccc2ccc(C(F)(F)F)cc21)OCC. The van der Waals surface area contributed by atoms with Crippen LogP contribution in [0.5, 0.6) is 0 Å². The van der Waals surface area contributed by atoms with Gasteiger partial charge >= 0.3 is 6.18 Å². The highest BCUT2D eigenvalue weighted by atomic mass is 19.4. The molecule has 0 saturated heterocycles. The summed E-state index contributed by atoms with van der Waals surface area (Å²) in [5.41, 5.74) is -0.994. The Balaban J connectivity index is 2.52. The summed E-state index contributed by atoms with van der Waals surface area (Å²) < 4.78 is 50.8. The number of alkyl halides is 3. The van der Waals surface area contributed by atoms with Crippen molar-refractivity contribution in [2.45, 2.75) is 32.9 Å². The maximum atomic E-state index is 12.9. The van der Waals surface area contributed by atoms with Gasteiger partial charge in [-0.05, 0) is 37.4 Å². The Morgan fingerprint density at radius 1 is 1.09 bits per heavy atom. The van der Waals surface area contributed by atoms with Crippen LogP contribution in [0.3, 0.4) is 0 Å². The lowest BCUT2D eigenvalue weighted by Gasteiger charge is -2.20. The van der Waals surface area contributed by atoms with Gasteiger partial charge in [0.05, 0.1) is 17.6 Å². The first-order valence-corrected chi connectivity index (χ1v) is 7.30. The van der Waals surface area contributed by atoms with Crippen LogP contribution in [0.25, 0.3) is 10.9 Å². The number of benzene rings is 1. The average Bonchev–Trinajstić information content (AvgIpc) is 2.49. The molecule has 2 aromatic rings. The van der Waals surface area contributed by atoms with Crippen LogP contribution in [0.2, 0.25) is 0 Å². The predicted octanol–water partition coefficient (Wildman–Crippen LogP) is 3.42. The number of hydrogen-bond donors (Lipinski definition) is 0. The van der Waals surface area contributed by atoms with Crippen LogP contribution in [-0.4, -0.2) is 24.1 Å². The molecule has 0 radical (unpaired) electrons. The van der Waals surface area contributed by atoms with Crippen molar-refractivity contribution in [3.8, 4) is 0 Å². The van der Waals surface area contributed by atoms with Crippen molar-refractivity contribution in [2.24, 2.45) is 0 Å². The van der Waals surface area contributed by atoms with Gasteiger partial charge in [-0.15, -0.1) is 0 Å². The standard InChI is InChI=1S/C16H18F3NO3/c1-3-22-15(23-4-2)10-20-13-9-12(16(17,18)19)7-5-11(13)6-8-14(20)21/h5-9,15H,3-4,10H2,1-2H3. The van der Waals surface area contributed by atoms with Crippen molar-refractivity contribution in [1.82, 2.24) is 4.57 Å². The molecule has 23 heavy (non-hydrogen) atoms. The topological polar surface area (TPSA) is 40.5 Å². The lowest BCUT2D eigenvalue weighted by atomic mass is 10.1. The van der Waals surface area contributed by atoms with Crippen molar-refractivity contribution < 1.29 is 22.6 Å². The summed E-state index contributed by atoms with van der Waals surface area (Å²) in [6.07, 6.45) is -5.16. The zero-order chi connectivity index (χ0) is 17.0. The van der Waals surface area contributed by atoms with E-state index in [0.717, 1.165) is 12.1 Å². The molecule has 126 valence electrons. The first-order valence-electron chi connectivity index (χ1n) is 7.30. The number of halogens is 3. The van der Waals surface area contributed by atoms with E-state index < -0.39 is 23.6 Å². The molecule has 0 aliphatic carbocycles. The zero-order valence-corrected chi connectivity index (χ0v) is 12.9. The van der Waals surface area contributed by atoms with Gasteiger partial charge in [0.25, 0.3) is 5.56 Å². The smallest absolute Gasteiger partial charge is 0.351 e. The molecule has 1 heterocycles. The summed E-state index contributed by atoms with van der Waals surface area (Å²) in [6.45, 7) is 4.33. The quantitative estimate of drug-likeness (QED) is 0.763. The summed E-state index contributed by atoms with van der Waals surface area (Å²) in [6, 6.07) is 6.16. The summed E-state index contributed by atoms with van der Waals surface area (Å²) in [5, 5.41) is 0.546. The number of hydrogen-bond acceptors (Lipinski definition) is 3. The fourth-order valence-electron chi connectivity index (χ4n) is 2.33. The van der Waals surface area contributed by atoms with Gasteiger partial charge in [-0.2, -0.15) is 13.2 Å². The largest absolute Gasteiger partial charge is 0.416 e. The molecule has 1 aromatic heterocycles. The second kappa shape index (κ2) is 7.14. The van der Waals surface area contributed by atoms with Crippen molar-refractivity contribution >= 4 is 10.9 Å². The number of rotatable bonds is 6. The van der Waals surface area contributed by atoms with Gasteiger partial charge in [0.15, 0.2) is 6.29 Å². The van der Waals surface area contributed by atoms with Gasteiger partial charge in [0.1, 0.15) is 0 Å². The molecule has 4 nitrogen and oxygen atoms in total. The normalized spacial score (nSPS) is 12.3. The Labute approximate surface area is 131 Å². The molecule has 2 rings (SSSR count). The van der Waals surface area contributed by atoms with Gasteiger partial charge in [-0.1, -0.05) is 6.07 Å². The van der Waals surface area contributed by atoms with Crippen molar-refractivity contribution in [1.29, 1.82) is 0 Å². The van der Waals surface area contributed by atoms with E-state index in [9.17, 15) is 18.0 Å². The van der Waals surface area contributed by atoms with Crippen molar-refractivity contribution in [2.75, 3.05) is 13.2 Å². The molecule has 0 spiro atoms. The molecule has 0 N–H and O–H groups in total. The minimum absolute atomic E-state index is 0.0269. The maximum absolute atomic E-state index is 12.9. The van der Waals surface area contributed by atoms with Crippen LogP contribution in [-0.2, 0) is 22.2 Å². The molecule has 0 amide bonds. The van der Waals surface area contributed by atoms with Gasteiger partial charge in [0, 0.05) is 19.3 Å². The molecular weight excluding hydrogens is 311 g/mol. The fourth-order valence-corrected chi connectivity index (χ4v) is 2.33. The zero-order valence-electron chi connectivity index (χ0n) is 12.9. The Morgan fingerprint density at radius 2 is 1.70 bits per heavy atom. The van der Waals surface area contributed by atoms with Crippen LogP contribution >= 0.6 is 0 Å². The Bertz CT molecular complexity index is 719. The minimum Gasteiger partial charge on any atom is -0.351 e. The number of fused-ring (bicyclic) bond motifs is 1. The van der Waals surface area contributed by atoms with Crippen molar-refractivity contribution in [3.63, 3.8) is 0 Å². The van der Waals surface area contributed by atoms with Crippen molar-refractivity contribution in [3.05, 3.63) is 46.2 Å². The Morgan fingerprint density at radius 3 is 2.26 bits per heavy atom. The highest BCUT2D eigenvalue weighted by molar-refractivity contribution is 5.79. The first-order chi connectivity index (χ1) is 10.9. The lowest BCUT2D eigenvalue weighted by molar-refractivity contribution is -0.143. The summed E-state index contributed by atoms with van der Waals surface area (Å²) in [4.78, 5) is 12.1. The maximum Gasteiger partial charge on any atom is 0.416 e. The fraction of sp³-hybridized carbons (Fsp3) is 0.438. The number of nitrogens with zero attached hydrogens (tertiary/aromatic N) is 1. The van der Waals surface area contributed by atoms with Gasteiger partial charge in [-0.3, -0.25) is 4.79 Å². The van der Waals surface area contributed by atoms with Gasteiger partial charge in [-0.25, -0.2) is 0 Å². The molecule has 7 heteroatoms. The molecule has 0 unspecified atom stereocenters. The summed E-state index contributed by atoms with van der Waals surface area (Å²) in [5.74, 6) is 0. The van der Waals surface area contributed by atoms with E-state index in [0.29, 0.717) is 18.6 Å². The third kappa shape index (κ3) is 4.11. The average molecular weight is 329 g/mol. The monoisotopic (exact) mass is 329 g/mol. The van der Waals surface area contributed by atoms with E-state index >= 15 is 0 Å². The van der Waals surface area contributed by atoms with Crippen LogP contribution in [0.15, 0.2) is 35.1 Å². The first kappa shape index (κ1) is 17.5. The molecule has 0 fully saturated rings. The molecule has 0 atom stereocenters. The molecule has 0 bridgehead atoms. The predicted molar refractivity (Wildman–Crippen MR) is 80.3 cm³/mol. The molecule has 0 aliphatic rings. The van der Waals surface area contributed by atoms with Crippen LogP contribution in [0, 0.1) is 0 Å². The third-order valence-electron chi connectivity index (χ3n) is 3.36. The second-order valence-electron chi connectivity index (χ2n) is 4.89. The van der Waals surface area contributed by atoms with Crippen LogP contribution < -0.4 is 5.56 Å². The van der Waals surface area contributed by atoms with E-state index in [-0.39, 0.29) is 12.1 Å². The Hall–Kier alpha value is -1.86. The lowest BCUT2D eigenvalue weighted by Crippen LogP contribution is -2.30. The van der Waals surface area contributed by atoms with Gasteiger partial charge < -0.3 is 14.0 Å². The highest BCUT2D eigenvalue weighted by Gasteiger charge is 2.30. The highest BCUT2D eigenvalue weighted by Crippen LogP contribution is 2.31. The van der Waals surface area contributed by atoms with Crippen LogP contribution in [0.4, 0.5) is 13.2 Å². The van der Waals surface area contributed by atoms with E-state index in [2.05, 4.69) is 0 Å². The number of pyridine rings is 1. The summed E-state index contributed by atoms with van der Waals surface area (Å²) in [7, 11) is 0. The number of ether oxygens (including phenoxy) is 2. The molecule has 0 saturated carbocycles. The van der Waals surface area contributed by atoms with E-state index in [4.69, 9.17) is 9.47 Å².